The van der Waals surface area contributed by atoms with Crippen LogP contribution >= 0.6 is 11.3 Å². The summed E-state index contributed by atoms with van der Waals surface area (Å²) in [5, 5.41) is 0. The van der Waals surface area contributed by atoms with Gasteiger partial charge < -0.3 is 0 Å². The van der Waals surface area contributed by atoms with Gasteiger partial charge >= 0.3 is 0 Å². The second-order valence-corrected chi connectivity index (χ2v) is 9.23. The van der Waals surface area contributed by atoms with Crippen LogP contribution in [-0.2, 0) is 10.0 Å². The molecule has 2 aromatic heterocycles. The number of nitrogens with zero attached hydrogens (tertiary/aromatic N) is 2. The molecule has 0 aliphatic carbocycles. The van der Waals surface area contributed by atoms with Crippen LogP contribution in [0.3, 0.4) is 0 Å². The number of nitrogens with one attached hydrogen (secondary N) is 1. The van der Waals surface area contributed by atoms with Crippen LogP contribution < -0.4 is 4.72 Å². The number of aromatic nitrogens is 2. The standard InChI is InChI=1S/C20H17N3O2S2/c1-13-3-9-17(10-4-13)27(24,25)23-16-7-5-15(6-8-16)19-20-18(21-12-22-19)11-14(2)26-20/h3-12,23H,1-2H3. The maximum Gasteiger partial charge on any atom is 0.261 e. The summed E-state index contributed by atoms with van der Waals surface area (Å²) in [6.07, 6.45) is 1.55. The Balaban J connectivity index is 1.63. The first-order valence-corrected chi connectivity index (χ1v) is 10.6. The molecule has 2 aromatic carbocycles. The molecule has 0 fully saturated rings. The van der Waals surface area contributed by atoms with Crippen molar-refractivity contribution in [3.8, 4) is 11.3 Å². The number of thiophene rings is 1. The van der Waals surface area contributed by atoms with Gasteiger partial charge in [0.05, 0.1) is 20.8 Å². The predicted molar refractivity (Wildman–Crippen MR) is 110 cm³/mol. The number of fused-ring (bicyclic) bond motifs is 1. The first kappa shape index (κ1) is 17.6. The highest BCUT2D eigenvalue weighted by molar-refractivity contribution is 7.92. The van der Waals surface area contributed by atoms with E-state index in [4.69, 9.17) is 0 Å². The average molecular weight is 396 g/mol. The van der Waals surface area contributed by atoms with Crippen molar-refractivity contribution in [1.29, 1.82) is 0 Å². The molecule has 0 aliphatic heterocycles. The molecule has 7 heteroatoms. The van der Waals surface area contributed by atoms with E-state index in [1.165, 1.54) is 4.88 Å². The minimum absolute atomic E-state index is 0.240. The predicted octanol–water partition coefficient (Wildman–Crippen LogP) is 4.78. The largest absolute Gasteiger partial charge is 0.280 e. The molecule has 0 spiro atoms. The van der Waals surface area contributed by atoms with Crippen LogP contribution in [0.4, 0.5) is 5.69 Å². The van der Waals surface area contributed by atoms with E-state index in [0.717, 1.165) is 27.0 Å². The van der Waals surface area contributed by atoms with Gasteiger partial charge in [-0.3, -0.25) is 4.72 Å². The van der Waals surface area contributed by atoms with E-state index >= 15 is 0 Å². The topological polar surface area (TPSA) is 72.0 Å². The van der Waals surface area contributed by atoms with E-state index in [0.29, 0.717) is 5.69 Å². The summed E-state index contributed by atoms with van der Waals surface area (Å²) in [4.78, 5) is 10.1. The quantitative estimate of drug-likeness (QED) is 0.540. The van der Waals surface area contributed by atoms with Gasteiger partial charge in [0.25, 0.3) is 10.0 Å². The second kappa shape index (κ2) is 6.75. The third kappa shape index (κ3) is 3.56. The Labute approximate surface area is 161 Å². The summed E-state index contributed by atoms with van der Waals surface area (Å²) in [5.41, 5.74) is 4.21. The van der Waals surface area contributed by atoms with E-state index < -0.39 is 10.0 Å². The zero-order chi connectivity index (χ0) is 19.0. The lowest BCUT2D eigenvalue weighted by atomic mass is 10.1. The fraction of sp³-hybridized carbons (Fsp3) is 0.100. The van der Waals surface area contributed by atoms with Crippen LogP contribution in [0.5, 0.6) is 0 Å². The Kier molecular flexibility index (Phi) is 4.41. The lowest BCUT2D eigenvalue weighted by Gasteiger charge is -2.09. The molecule has 0 radical (unpaired) electrons. The first-order valence-electron chi connectivity index (χ1n) is 8.33. The van der Waals surface area contributed by atoms with Gasteiger partial charge in [0.1, 0.15) is 6.33 Å². The van der Waals surface area contributed by atoms with Crippen LogP contribution in [0.25, 0.3) is 21.5 Å². The Bertz CT molecular complexity index is 1210. The summed E-state index contributed by atoms with van der Waals surface area (Å²) in [6.45, 7) is 3.96. The average Bonchev–Trinajstić information content (AvgIpc) is 3.02. The van der Waals surface area contributed by atoms with E-state index in [-0.39, 0.29) is 4.90 Å². The lowest BCUT2D eigenvalue weighted by molar-refractivity contribution is 0.601. The van der Waals surface area contributed by atoms with Crippen molar-refractivity contribution >= 4 is 37.3 Å². The SMILES string of the molecule is Cc1ccc(S(=O)(=O)Nc2ccc(-c3ncnc4cc(C)sc34)cc2)cc1. The van der Waals surface area contributed by atoms with Gasteiger partial charge in [-0.25, -0.2) is 18.4 Å². The monoisotopic (exact) mass is 395 g/mol. The molecule has 2 heterocycles. The number of sulfonamides is 1. The minimum Gasteiger partial charge on any atom is -0.280 e. The van der Waals surface area contributed by atoms with Crippen molar-refractivity contribution < 1.29 is 8.42 Å². The van der Waals surface area contributed by atoms with Gasteiger partial charge in [0.15, 0.2) is 0 Å². The molecule has 0 unspecified atom stereocenters. The second-order valence-electron chi connectivity index (χ2n) is 6.29. The highest BCUT2D eigenvalue weighted by Crippen LogP contribution is 2.32. The zero-order valence-corrected chi connectivity index (χ0v) is 16.4. The van der Waals surface area contributed by atoms with Crippen molar-refractivity contribution in [1.82, 2.24) is 9.97 Å². The van der Waals surface area contributed by atoms with Gasteiger partial charge in [-0.15, -0.1) is 11.3 Å². The highest BCUT2D eigenvalue weighted by Gasteiger charge is 2.14. The Morgan fingerprint density at radius 1 is 0.926 bits per heavy atom. The Morgan fingerprint density at radius 3 is 2.33 bits per heavy atom. The third-order valence-electron chi connectivity index (χ3n) is 4.18. The van der Waals surface area contributed by atoms with Crippen molar-refractivity contribution in [2.24, 2.45) is 0 Å². The number of benzene rings is 2. The van der Waals surface area contributed by atoms with Crippen LogP contribution in [0.1, 0.15) is 10.4 Å². The first-order chi connectivity index (χ1) is 12.9. The van der Waals surface area contributed by atoms with Gasteiger partial charge in [-0.05, 0) is 44.2 Å². The summed E-state index contributed by atoms with van der Waals surface area (Å²) in [7, 11) is -3.61. The van der Waals surface area contributed by atoms with E-state index in [1.54, 1.807) is 54.1 Å². The Hall–Kier alpha value is -2.77. The minimum atomic E-state index is -3.61. The Morgan fingerprint density at radius 2 is 1.63 bits per heavy atom. The smallest absolute Gasteiger partial charge is 0.261 e. The maximum absolute atomic E-state index is 12.5. The van der Waals surface area contributed by atoms with Crippen molar-refractivity contribution in [3.63, 3.8) is 0 Å². The lowest BCUT2D eigenvalue weighted by Crippen LogP contribution is -2.12. The molecule has 0 atom stereocenters. The summed E-state index contributed by atoms with van der Waals surface area (Å²) < 4.78 is 28.7. The summed E-state index contributed by atoms with van der Waals surface area (Å²) in [6, 6.07) is 16.0. The third-order valence-corrected chi connectivity index (χ3v) is 6.62. The fourth-order valence-corrected chi connectivity index (χ4v) is 4.84. The molecule has 0 aliphatic rings. The van der Waals surface area contributed by atoms with Crippen molar-refractivity contribution in [2.75, 3.05) is 4.72 Å². The molecule has 4 rings (SSSR count). The molecule has 136 valence electrons. The van der Waals surface area contributed by atoms with Crippen molar-refractivity contribution in [2.45, 2.75) is 18.7 Å². The maximum atomic E-state index is 12.5. The van der Waals surface area contributed by atoms with E-state index in [1.807, 2.05) is 32.0 Å². The van der Waals surface area contributed by atoms with Gasteiger partial charge in [-0.1, -0.05) is 29.8 Å². The molecule has 1 N–H and O–H groups in total. The van der Waals surface area contributed by atoms with Gasteiger partial charge in [0.2, 0.25) is 0 Å². The van der Waals surface area contributed by atoms with Gasteiger partial charge in [-0.2, -0.15) is 0 Å². The summed E-state index contributed by atoms with van der Waals surface area (Å²) in [5.74, 6) is 0. The zero-order valence-electron chi connectivity index (χ0n) is 14.8. The van der Waals surface area contributed by atoms with Crippen LogP contribution in [0, 0.1) is 13.8 Å². The summed E-state index contributed by atoms with van der Waals surface area (Å²) >= 11 is 1.65. The molecule has 27 heavy (non-hydrogen) atoms. The van der Waals surface area contributed by atoms with Crippen molar-refractivity contribution in [3.05, 3.63) is 71.4 Å². The molecular weight excluding hydrogens is 378 g/mol. The number of rotatable bonds is 4. The molecule has 4 aromatic rings. The number of aryl methyl sites for hydroxylation is 2. The number of anilines is 1. The molecule has 5 nitrogen and oxygen atoms in total. The number of hydrogen-bond acceptors (Lipinski definition) is 5. The van der Waals surface area contributed by atoms with Gasteiger partial charge in [0, 0.05) is 16.1 Å². The normalized spacial score (nSPS) is 11.6. The molecule has 0 saturated carbocycles. The number of hydrogen-bond donors (Lipinski definition) is 1. The van der Waals surface area contributed by atoms with Crippen LogP contribution in [0.15, 0.2) is 65.8 Å². The van der Waals surface area contributed by atoms with E-state index in [9.17, 15) is 8.42 Å². The van der Waals surface area contributed by atoms with E-state index in [2.05, 4.69) is 14.7 Å². The van der Waals surface area contributed by atoms with Crippen LogP contribution in [0.2, 0.25) is 0 Å². The highest BCUT2D eigenvalue weighted by atomic mass is 32.2. The molecule has 0 saturated heterocycles. The molecular formula is C20H17N3O2S2. The molecule has 0 amide bonds. The van der Waals surface area contributed by atoms with Crippen LogP contribution in [-0.4, -0.2) is 18.4 Å². The molecule has 0 bridgehead atoms. The fourth-order valence-electron chi connectivity index (χ4n) is 2.81.